The molecular weight excluding hydrogens is 246 g/mol. The standard InChI is InChI=1S/C17H33N3/c1-4-5-15-11-20(16(10-18-15)13(2)3)17-12-19-8-6-14(17)7-9-19/h13-18H,4-12H2,1-3H3. The molecule has 3 heteroatoms. The van der Waals surface area contributed by atoms with Crippen LogP contribution in [-0.2, 0) is 0 Å². The second-order valence-electron chi connectivity index (χ2n) is 7.61. The van der Waals surface area contributed by atoms with Gasteiger partial charge in [-0.15, -0.1) is 0 Å². The van der Waals surface area contributed by atoms with Gasteiger partial charge in [-0.2, -0.15) is 0 Å². The summed E-state index contributed by atoms with van der Waals surface area (Å²) in [5.74, 6) is 1.74. The van der Waals surface area contributed by atoms with Gasteiger partial charge in [-0.3, -0.25) is 4.90 Å². The van der Waals surface area contributed by atoms with E-state index < -0.39 is 0 Å². The van der Waals surface area contributed by atoms with Gasteiger partial charge < -0.3 is 10.2 Å². The van der Waals surface area contributed by atoms with Gasteiger partial charge in [-0.05, 0) is 44.2 Å². The summed E-state index contributed by atoms with van der Waals surface area (Å²) in [6.45, 7) is 13.7. The number of fused-ring (bicyclic) bond motifs is 3. The van der Waals surface area contributed by atoms with E-state index in [9.17, 15) is 0 Å². The molecule has 0 amide bonds. The van der Waals surface area contributed by atoms with Crippen molar-refractivity contribution in [3.63, 3.8) is 0 Å². The summed E-state index contributed by atoms with van der Waals surface area (Å²) in [6.07, 6.45) is 5.52. The topological polar surface area (TPSA) is 18.5 Å². The average molecular weight is 279 g/mol. The third-order valence-corrected chi connectivity index (χ3v) is 5.93. The van der Waals surface area contributed by atoms with Crippen molar-refractivity contribution in [2.75, 3.05) is 32.7 Å². The van der Waals surface area contributed by atoms with Crippen LogP contribution in [0, 0.1) is 11.8 Å². The van der Waals surface area contributed by atoms with Gasteiger partial charge in [0.25, 0.3) is 0 Å². The molecule has 3 atom stereocenters. The summed E-state index contributed by atoms with van der Waals surface area (Å²) in [4.78, 5) is 5.62. The Morgan fingerprint density at radius 1 is 1.15 bits per heavy atom. The molecule has 3 nitrogen and oxygen atoms in total. The summed E-state index contributed by atoms with van der Waals surface area (Å²) in [6, 6.07) is 2.31. The van der Waals surface area contributed by atoms with Crippen molar-refractivity contribution in [2.45, 2.75) is 64.6 Å². The molecule has 4 aliphatic rings. The third-order valence-electron chi connectivity index (χ3n) is 5.93. The average Bonchev–Trinajstić information content (AvgIpc) is 2.48. The van der Waals surface area contributed by atoms with Gasteiger partial charge in [0.05, 0.1) is 0 Å². The molecule has 0 aromatic heterocycles. The van der Waals surface area contributed by atoms with Crippen molar-refractivity contribution in [3.05, 3.63) is 0 Å². The first-order valence-electron chi connectivity index (χ1n) is 8.90. The Hall–Kier alpha value is -0.120. The fraction of sp³-hybridized carbons (Fsp3) is 1.00. The second kappa shape index (κ2) is 6.33. The number of hydrogen-bond acceptors (Lipinski definition) is 3. The molecule has 0 aromatic rings. The van der Waals surface area contributed by atoms with Crippen LogP contribution in [0.5, 0.6) is 0 Å². The maximum atomic E-state index is 3.81. The molecule has 1 N–H and O–H groups in total. The second-order valence-corrected chi connectivity index (χ2v) is 7.61. The number of hydrogen-bond donors (Lipinski definition) is 1. The lowest BCUT2D eigenvalue weighted by Crippen LogP contribution is -2.66. The van der Waals surface area contributed by atoms with Crippen molar-refractivity contribution in [2.24, 2.45) is 11.8 Å². The van der Waals surface area contributed by atoms with E-state index in [2.05, 4.69) is 35.9 Å². The van der Waals surface area contributed by atoms with E-state index >= 15 is 0 Å². The molecule has 2 bridgehead atoms. The van der Waals surface area contributed by atoms with Crippen molar-refractivity contribution >= 4 is 0 Å². The number of piperidine rings is 3. The third kappa shape index (κ3) is 2.90. The van der Waals surface area contributed by atoms with Gasteiger partial charge in [0, 0.05) is 37.8 Å². The number of nitrogens with zero attached hydrogens (tertiary/aromatic N) is 2. The van der Waals surface area contributed by atoms with E-state index in [1.165, 1.54) is 58.4 Å². The molecule has 0 aromatic carbocycles. The van der Waals surface area contributed by atoms with Gasteiger partial charge in [-0.25, -0.2) is 0 Å². The minimum Gasteiger partial charge on any atom is -0.311 e. The molecule has 116 valence electrons. The normalized spacial score (nSPS) is 42.3. The van der Waals surface area contributed by atoms with Crippen LogP contribution in [0.25, 0.3) is 0 Å². The lowest BCUT2D eigenvalue weighted by Gasteiger charge is -2.54. The van der Waals surface area contributed by atoms with Gasteiger partial charge in [0.1, 0.15) is 0 Å². The van der Waals surface area contributed by atoms with Gasteiger partial charge in [0.2, 0.25) is 0 Å². The van der Waals surface area contributed by atoms with Crippen LogP contribution < -0.4 is 5.32 Å². The van der Waals surface area contributed by atoms with Crippen LogP contribution in [0.1, 0.15) is 46.5 Å². The fourth-order valence-electron chi connectivity index (χ4n) is 4.71. The van der Waals surface area contributed by atoms with Crippen molar-refractivity contribution in [1.82, 2.24) is 15.1 Å². The van der Waals surface area contributed by atoms with E-state index in [1.807, 2.05) is 0 Å². The highest BCUT2D eigenvalue weighted by Crippen LogP contribution is 2.34. The molecular formula is C17H33N3. The zero-order chi connectivity index (χ0) is 14.1. The van der Waals surface area contributed by atoms with Crippen LogP contribution in [0.2, 0.25) is 0 Å². The first-order chi connectivity index (χ1) is 9.69. The number of rotatable bonds is 4. The Bertz CT molecular complexity index is 309. The monoisotopic (exact) mass is 279 g/mol. The summed E-state index contributed by atoms with van der Waals surface area (Å²) < 4.78 is 0. The van der Waals surface area contributed by atoms with Gasteiger partial charge in [0.15, 0.2) is 0 Å². The summed E-state index contributed by atoms with van der Waals surface area (Å²) in [5, 5.41) is 3.81. The Labute approximate surface area is 125 Å². The van der Waals surface area contributed by atoms with Crippen molar-refractivity contribution in [1.29, 1.82) is 0 Å². The Kier molecular flexibility index (Phi) is 4.68. The number of nitrogens with one attached hydrogen (secondary N) is 1. The molecule has 0 aliphatic carbocycles. The minimum atomic E-state index is 0.727. The molecule has 0 spiro atoms. The molecule has 4 fully saturated rings. The lowest BCUT2D eigenvalue weighted by molar-refractivity contribution is -0.0409. The molecule has 4 saturated heterocycles. The first-order valence-corrected chi connectivity index (χ1v) is 8.90. The summed E-state index contributed by atoms with van der Waals surface area (Å²) >= 11 is 0. The predicted octanol–water partition coefficient (Wildman–Crippen LogP) is 2.18. The molecule has 4 rings (SSSR count). The molecule has 20 heavy (non-hydrogen) atoms. The zero-order valence-corrected chi connectivity index (χ0v) is 13.6. The van der Waals surface area contributed by atoms with E-state index in [4.69, 9.17) is 0 Å². The molecule has 3 unspecified atom stereocenters. The highest BCUT2D eigenvalue weighted by atomic mass is 15.3. The SMILES string of the molecule is CCCC1CN(C2CN3CCC2CC3)C(C(C)C)CN1. The quantitative estimate of drug-likeness (QED) is 0.851. The molecule has 0 saturated carbocycles. The first kappa shape index (κ1) is 14.8. The largest absolute Gasteiger partial charge is 0.311 e. The minimum absolute atomic E-state index is 0.727. The van der Waals surface area contributed by atoms with Crippen LogP contribution in [-0.4, -0.2) is 60.6 Å². The predicted molar refractivity (Wildman–Crippen MR) is 85.0 cm³/mol. The Morgan fingerprint density at radius 3 is 2.45 bits per heavy atom. The van der Waals surface area contributed by atoms with E-state index in [1.54, 1.807) is 0 Å². The van der Waals surface area contributed by atoms with Crippen molar-refractivity contribution < 1.29 is 0 Å². The zero-order valence-electron chi connectivity index (χ0n) is 13.6. The smallest absolute Gasteiger partial charge is 0.0256 e. The maximum Gasteiger partial charge on any atom is 0.0256 e. The van der Waals surface area contributed by atoms with Crippen LogP contribution in [0.3, 0.4) is 0 Å². The fourth-order valence-corrected chi connectivity index (χ4v) is 4.71. The van der Waals surface area contributed by atoms with Crippen LogP contribution >= 0.6 is 0 Å². The molecule has 0 radical (unpaired) electrons. The highest BCUT2D eigenvalue weighted by Gasteiger charge is 2.42. The van der Waals surface area contributed by atoms with E-state index in [0.717, 1.165) is 30.0 Å². The molecule has 4 heterocycles. The lowest BCUT2D eigenvalue weighted by atomic mass is 9.81. The van der Waals surface area contributed by atoms with E-state index in [-0.39, 0.29) is 0 Å². The van der Waals surface area contributed by atoms with Crippen LogP contribution in [0.4, 0.5) is 0 Å². The van der Waals surface area contributed by atoms with Gasteiger partial charge >= 0.3 is 0 Å². The summed E-state index contributed by atoms with van der Waals surface area (Å²) in [7, 11) is 0. The van der Waals surface area contributed by atoms with Gasteiger partial charge in [-0.1, -0.05) is 27.2 Å². The highest BCUT2D eigenvalue weighted by molar-refractivity contribution is 4.98. The Morgan fingerprint density at radius 2 is 1.90 bits per heavy atom. The van der Waals surface area contributed by atoms with E-state index in [0.29, 0.717) is 0 Å². The maximum absolute atomic E-state index is 3.81. The Balaban J connectivity index is 1.72. The number of piperazine rings is 1. The van der Waals surface area contributed by atoms with Crippen LogP contribution in [0.15, 0.2) is 0 Å². The van der Waals surface area contributed by atoms with Crippen molar-refractivity contribution in [3.8, 4) is 0 Å². The summed E-state index contributed by atoms with van der Waals surface area (Å²) in [5.41, 5.74) is 0. The molecule has 4 aliphatic heterocycles.